The number of esters is 1. The van der Waals surface area contributed by atoms with Gasteiger partial charge in [-0.25, -0.2) is 0 Å². The highest BCUT2D eigenvalue weighted by molar-refractivity contribution is 5.78. The standard InChI is InChI=1S/C30H41F9O3/c1-4-21-17-12-18(14-27(41,29(34,35)36)30(37,38)39)23(13-17)22(21)5-6-25(2,28(31,32)33)24(40)42-26(3)19-8-15-7-16(10-19)11-20(26)9-15/h15-23,41H,4-14H2,1-3H3. The van der Waals surface area contributed by atoms with Gasteiger partial charge in [-0.1, -0.05) is 13.3 Å². The monoisotopic (exact) mass is 620 g/mol. The molecule has 1 N–H and O–H groups in total. The van der Waals surface area contributed by atoms with Crippen molar-refractivity contribution in [1.29, 1.82) is 0 Å². The molecule has 0 radical (unpaired) electrons. The third kappa shape index (κ3) is 4.95. The zero-order chi connectivity index (χ0) is 31.3. The minimum Gasteiger partial charge on any atom is -0.458 e. The minimum absolute atomic E-state index is 0.00648. The van der Waals surface area contributed by atoms with Gasteiger partial charge in [0.2, 0.25) is 0 Å². The summed E-state index contributed by atoms with van der Waals surface area (Å²) in [6.07, 6.45) is -14.0. The van der Waals surface area contributed by atoms with E-state index in [-0.39, 0.29) is 36.5 Å². The lowest BCUT2D eigenvalue weighted by molar-refractivity contribution is -0.373. The molecule has 6 bridgehead atoms. The van der Waals surface area contributed by atoms with Crippen molar-refractivity contribution in [2.24, 2.45) is 58.7 Å². The number of carbonyl (C=O) groups excluding carboxylic acids is 1. The first-order valence-corrected chi connectivity index (χ1v) is 15.3. The maximum Gasteiger partial charge on any atom is 0.426 e. The van der Waals surface area contributed by atoms with E-state index >= 15 is 0 Å². The van der Waals surface area contributed by atoms with Crippen LogP contribution >= 0.6 is 0 Å². The molecule has 6 atom stereocenters. The van der Waals surface area contributed by atoms with Gasteiger partial charge in [-0.3, -0.25) is 4.79 Å². The van der Waals surface area contributed by atoms with Gasteiger partial charge in [0.15, 0.2) is 5.41 Å². The lowest BCUT2D eigenvalue weighted by Gasteiger charge is -2.59. The van der Waals surface area contributed by atoms with E-state index in [1.807, 2.05) is 0 Å². The lowest BCUT2D eigenvalue weighted by atomic mass is 9.50. The Bertz CT molecular complexity index is 993. The fraction of sp³-hybridized carbons (Fsp3) is 0.967. The molecular weight excluding hydrogens is 579 g/mol. The molecule has 6 saturated carbocycles. The molecular formula is C30H41F9O3. The maximum atomic E-state index is 14.6. The first-order valence-electron chi connectivity index (χ1n) is 15.3. The first-order chi connectivity index (χ1) is 19.1. The first kappa shape index (κ1) is 32.2. The Hall–Kier alpha value is -1.20. The summed E-state index contributed by atoms with van der Waals surface area (Å²) >= 11 is 0. The molecule has 0 heterocycles. The van der Waals surface area contributed by atoms with E-state index in [0.717, 1.165) is 39.0 Å². The average molecular weight is 621 g/mol. The van der Waals surface area contributed by atoms with Gasteiger partial charge in [0.1, 0.15) is 5.60 Å². The fourth-order valence-electron chi connectivity index (χ4n) is 10.2. The molecule has 12 heteroatoms. The maximum absolute atomic E-state index is 14.6. The zero-order valence-corrected chi connectivity index (χ0v) is 24.1. The smallest absolute Gasteiger partial charge is 0.426 e. The number of ether oxygens (including phenoxy) is 1. The Morgan fingerprint density at radius 1 is 0.810 bits per heavy atom. The van der Waals surface area contributed by atoms with Crippen molar-refractivity contribution >= 4 is 5.97 Å². The highest BCUT2D eigenvalue weighted by atomic mass is 19.4. The van der Waals surface area contributed by atoms with E-state index < -0.39 is 71.7 Å². The van der Waals surface area contributed by atoms with Gasteiger partial charge in [0.25, 0.3) is 5.60 Å². The largest absolute Gasteiger partial charge is 0.458 e. The average Bonchev–Trinajstić information content (AvgIpc) is 3.41. The van der Waals surface area contributed by atoms with Crippen molar-refractivity contribution in [3.63, 3.8) is 0 Å². The highest BCUT2D eigenvalue weighted by Gasteiger charge is 2.72. The van der Waals surface area contributed by atoms with Crippen molar-refractivity contribution in [3.05, 3.63) is 0 Å². The van der Waals surface area contributed by atoms with Crippen LogP contribution in [0.1, 0.15) is 91.4 Å². The van der Waals surface area contributed by atoms with Crippen LogP contribution in [-0.4, -0.2) is 40.8 Å². The molecule has 0 aromatic rings. The Kier molecular flexibility index (Phi) is 7.79. The molecule has 3 nitrogen and oxygen atoms in total. The third-order valence-electron chi connectivity index (χ3n) is 12.6. The lowest BCUT2D eigenvalue weighted by Crippen LogP contribution is -2.59. The van der Waals surface area contributed by atoms with Gasteiger partial charge in [0.05, 0.1) is 0 Å². The van der Waals surface area contributed by atoms with Gasteiger partial charge in [0, 0.05) is 0 Å². The number of hydrogen-bond acceptors (Lipinski definition) is 3. The molecule has 0 aromatic heterocycles. The molecule has 242 valence electrons. The molecule has 6 unspecified atom stereocenters. The predicted molar refractivity (Wildman–Crippen MR) is 134 cm³/mol. The predicted octanol–water partition coefficient (Wildman–Crippen LogP) is 8.64. The molecule has 6 aliphatic rings. The molecule has 42 heavy (non-hydrogen) atoms. The second kappa shape index (κ2) is 10.2. The van der Waals surface area contributed by atoms with Gasteiger partial charge in [-0.2, -0.15) is 39.5 Å². The Morgan fingerprint density at radius 3 is 1.79 bits per heavy atom. The summed E-state index contributed by atoms with van der Waals surface area (Å²) in [5, 5.41) is 9.83. The second-order valence-corrected chi connectivity index (χ2v) is 14.7. The van der Waals surface area contributed by atoms with E-state index in [1.165, 1.54) is 0 Å². The van der Waals surface area contributed by atoms with Crippen LogP contribution < -0.4 is 0 Å². The fourth-order valence-corrected chi connectivity index (χ4v) is 10.2. The van der Waals surface area contributed by atoms with Gasteiger partial charge >= 0.3 is 24.5 Å². The quantitative estimate of drug-likeness (QED) is 0.218. The van der Waals surface area contributed by atoms with E-state index in [9.17, 15) is 49.4 Å². The summed E-state index contributed by atoms with van der Waals surface area (Å²) in [5.41, 5.74) is -8.74. The number of rotatable bonds is 8. The normalized spacial score (nSPS) is 41.3. The molecule has 0 amide bonds. The summed E-state index contributed by atoms with van der Waals surface area (Å²) < 4.78 is 130. The summed E-state index contributed by atoms with van der Waals surface area (Å²) in [6, 6.07) is 0. The molecule has 6 aliphatic carbocycles. The van der Waals surface area contributed by atoms with Crippen molar-refractivity contribution in [2.45, 2.75) is 121 Å². The van der Waals surface area contributed by atoms with E-state index in [1.54, 1.807) is 13.8 Å². The molecule has 6 fully saturated rings. The van der Waals surface area contributed by atoms with Crippen molar-refractivity contribution in [2.75, 3.05) is 0 Å². The van der Waals surface area contributed by atoms with E-state index in [0.29, 0.717) is 24.7 Å². The Balaban J connectivity index is 1.33. The van der Waals surface area contributed by atoms with Crippen LogP contribution in [0.5, 0.6) is 0 Å². The minimum atomic E-state index is -5.95. The van der Waals surface area contributed by atoms with Crippen LogP contribution in [0.15, 0.2) is 0 Å². The zero-order valence-electron chi connectivity index (χ0n) is 24.1. The summed E-state index contributed by atoms with van der Waals surface area (Å²) in [6.45, 7) is 4.37. The molecule has 0 aromatic carbocycles. The van der Waals surface area contributed by atoms with Crippen molar-refractivity contribution in [1.82, 2.24) is 0 Å². The summed E-state index contributed by atoms with van der Waals surface area (Å²) in [7, 11) is 0. The van der Waals surface area contributed by atoms with Crippen LogP contribution in [0.3, 0.4) is 0 Å². The van der Waals surface area contributed by atoms with Crippen LogP contribution in [0, 0.1) is 58.7 Å². The number of carbonyl (C=O) groups is 1. The van der Waals surface area contributed by atoms with Gasteiger partial charge in [-0.05, 0) is 131 Å². The van der Waals surface area contributed by atoms with Gasteiger partial charge in [-0.15, -0.1) is 0 Å². The highest BCUT2D eigenvalue weighted by Crippen LogP contribution is 2.63. The summed E-state index contributed by atoms with van der Waals surface area (Å²) in [4.78, 5) is 13.5. The molecule has 0 spiro atoms. The summed E-state index contributed by atoms with van der Waals surface area (Å²) in [5.74, 6) is -3.16. The SMILES string of the molecule is CCC1C2CC(CC(O)(C(F)(F)F)C(F)(F)F)C(C2)C1CCC(C)(C(=O)OC1(C)C2CC3CC(C2)CC1C3)C(F)(F)F. The Labute approximate surface area is 240 Å². The van der Waals surface area contributed by atoms with Crippen molar-refractivity contribution in [3.8, 4) is 0 Å². The molecule has 0 aliphatic heterocycles. The molecule has 0 saturated heterocycles. The van der Waals surface area contributed by atoms with Crippen LogP contribution in [0.25, 0.3) is 0 Å². The second-order valence-electron chi connectivity index (χ2n) is 14.7. The number of alkyl halides is 9. The van der Waals surface area contributed by atoms with E-state index in [2.05, 4.69) is 0 Å². The number of hydrogen-bond donors (Lipinski definition) is 1. The van der Waals surface area contributed by atoms with Crippen molar-refractivity contribution < 1.29 is 54.2 Å². The third-order valence-corrected chi connectivity index (χ3v) is 12.6. The number of halogens is 9. The van der Waals surface area contributed by atoms with Crippen LogP contribution in [-0.2, 0) is 9.53 Å². The van der Waals surface area contributed by atoms with E-state index in [4.69, 9.17) is 4.74 Å². The number of aliphatic hydroxyl groups is 1. The number of fused-ring (bicyclic) bond motifs is 2. The Morgan fingerprint density at radius 2 is 1.33 bits per heavy atom. The van der Waals surface area contributed by atoms with Gasteiger partial charge < -0.3 is 9.84 Å². The molecule has 6 rings (SSSR count). The van der Waals surface area contributed by atoms with Crippen LogP contribution in [0.4, 0.5) is 39.5 Å². The van der Waals surface area contributed by atoms with Crippen LogP contribution in [0.2, 0.25) is 0 Å². The topological polar surface area (TPSA) is 46.5 Å².